The van der Waals surface area contributed by atoms with Gasteiger partial charge in [-0.05, 0) is 51.8 Å². The summed E-state index contributed by atoms with van der Waals surface area (Å²) in [7, 11) is 0. The number of nitrogens with zero attached hydrogens (tertiary/aromatic N) is 2. The van der Waals surface area contributed by atoms with E-state index in [1.165, 1.54) is 6.21 Å². The van der Waals surface area contributed by atoms with Crippen LogP contribution in [0.5, 0.6) is 5.75 Å². The lowest BCUT2D eigenvalue weighted by Crippen LogP contribution is -2.43. The first-order valence-electron chi connectivity index (χ1n) is 9.70. The molecule has 31 heavy (non-hydrogen) atoms. The number of carbonyl (C=O) groups excluding carboxylic acids is 2. The van der Waals surface area contributed by atoms with E-state index < -0.39 is 5.91 Å². The number of halogens is 1. The Morgan fingerprint density at radius 2 is 1.97 bits per heavy atom. The van der Waals surface area contributed by atoms with Gasteiger partial charge >= 0.3 is 5.91 Å². The predicted octanol–water partition coefficient (Wildman–Crippen LogP) is 3.20. The summed E-state index contributed by atoms with van der Waals surface area (Å²) in [6.07, 6.45) is 1.51. The fourth-order valence-corrected chi connectivity index (χ4v) is 3.58. The van der Waals surface area contributed by atoms with Gasteiger partial charge in [-0.25, -0.2) is 5.43 Å². The average molecular weight is 486 g/mol. The molecule has 3 aromatic rings. The largest absolute Gasteiger partial charge is 0.483 e. The molecule has 160 valence electrons. The first kappa shape index (κ1) is 21.1. The van der Waals surface area contributed by atoms with Crippen LogP contribution in [0.4, 0.5) is 0 Å². The number of hydrogen-bond donors (Lipinski definition) is 1. The molecule has 0 atom stereocenters. The van der Waals surface area contributed by atoms with Crippen molar-refractivity contribution in [3.05, 3.63) is 64.3 Å². The SMILES string of the molecule is O=C(N/N=C/c1ccc(OCC(=O)N2CCOCC2)c(Br)c1)c1cc2ccccc2o1. The Bertz CT molecular complexity index is 1090. The van der Waals surface area contributed by atoms with E-state index in [1.807, 2.05) is 18.2 Å². The smallest absolute Gasteiger partial charge is 0.307 e. The van der Waals surface area contributed by atoms with Crippen LogP contribution in [0.2, 0.25) is 0 Å². The second kappa shape index (κ2) is 9.76. The summed E-state index contributed by atoms with van der Waals surface area (Å²) < 4.78 is 17.1. The van der Waals surface area contributed by atoms with Crippen molar-refractivity contribution in [1.29, 1.82) is 0 Å². The molecule has 0 unspecified atom stereocenters. The highest BCUT2D eigenvalue weighted by atomic mass is 79.9. The number of ether oxygens (including phenoxy) is 2. The maximum Gasteiger partial charge on any atom is 0.307 e. The molecule has 0 saturated carbocycles. The summed E-state index contributed by atoms with van der Waals surface area (Å²) in [4.78, 5) is 26.1. The molecule has 1 aliphatic rings. The van der Waals surface area contributed by atoms with E-state index in [2.05, 4.69) is 26.5 Å². The summed E-state index contributed by atoms with van der Waals surface area (Å²) in [5.41, 5.74) is 3.83. The zero-order valence-electron chi connectivity index (χ0n) is 16.5. The van der Waals surface area contributed by atoms with Gasteiger partial charge in [0.1, 0.15) is 11.3 Å². The number of hydrazone groups is 1. The van der Waals surface area contributed by atoms with E-state index in [0.717, 1.165) is 10.9 Å². The first-order valence-corrected chi connectivity index (χ1v) is 10.5. The van der Waals surface area contributed by atoms with Crippen LogP contribution in [0.3, 0.4) is 0 Å². The van der Waals surface area contributed by atoms with Gasteiger partial charge in [-0.3, -0.25) is 9.59 Å². The van der Waals surface area contributed by atoms with E-state index in [4.69, 9.17) is 13.9 Å². The molecule has 0 spiro atoms. The van der Waals surface area contributed by atoms with Crippen molar-refractivity contribution >= 4 is 44.9 Å². The highest BCUT2D eigenvalue weighted by molar-refractivity contribution is 9.10. The second-order valence-corrected chi connectivity index (χ2v) is 7.67. The number of hydrogen-bond acceptors (Lipinski definition) is 6. The highest BCUT2D eigenvalue weighted by Crippen LogP contribution is 2.25. The number of para-hydroxylation sites is 1. The van der Waals surface area contributed by atoms with Crippen LogP contribution in [0.1, 0.15) is 16.1 Å². The summed E-state index contributed by atoms with van der Waals surface area (Å²) in [5, 5.41) is 4.83. The van der Waals surface area contributed by atoms with Crippen molar-refractivity contribution in [3.63, 3.8) is 0 Å². The topological polar surface area (TPSA) is 93.4 Å². The molecule has 1 saturated heterocycles. The Kier molecular flexibility index (Phi) is 6.63. The Morgan fingerprint density at radius 3 is 2.74 bits per heavy atom. The zero-order chi connectivity index (χ0) is 21.6. The van der Waals surface area contributed by atoms with Crippen molar-refractivity contribution in [2.24, 2.45) is 5.10 Å². The van der Waals surface area contributed by atoms with Crippen LogP contribution in [0.25, 0.3) is 11.0 Å². The number of benzene rings is 2. The number of amides is 2. The van der Waals surface area contributed by atoms with Gasteiger partial charge in [0.15, 0.2) is 12.4 Å². The van der Waals surface area contributed by atoms with E-state index in [1.54, 1.807) is 35.2 Å². The van der Waals surface area contributed by atoms with Crippen LogP contribution < -0.4 is 10.2 Å². The normalized spacial score (nSPS) is 14.2. The van der Waals surface area contributed by atoms with Gasteiger partial charge in [-0.15, -0.1) is 0 Å². The first-order chi connectivity index (χ1) is 15.1. The summed E-state index contributed by atoms with van der Waals surface area (Å²) in [6, 6.07) is 14.3. The number of rotatable bonds is 6. The summed E-state index contributed by atoms with van der Waals surface area (Å²) in [6.45, 7) is 2.23. The number of nitrogens with one attached hydrogen (secondary N) is 1. The number of carbonyl (C=O) groups is 2. The molecule has 1 aliphatic heterocycles. The lowest BCUT2D eigenvalue weighted by atomic mass is 10.2. The van der Waals surface area contributed by atoms with Gasteiger partial charge in [0.2, 0.25) is 0 Å². The standard InChI is InChI=1S/C22H20BrN3O5/c23-17-11-15(5-6-19(17)30-14-21(27)26-7-9-29-10-8-26)13-24-25-22(28)20-12-16-3-1-2-4-18(16)31-20/h1-6,11-13H,7-10,14H2,(H,25,28)/b24-13+. The molecule has 0 aliphatic carbocycles. The maximum absolute atomic E-state index is 12.2. The van der Waals surface area contributed by atoms with Gasteiger partial charge in [-0.1, -0.05) is 18.2 Å². The Labute approximate surface area is 186 Å². The molecule has 1 N–H and O–H groups in total. The van der Waals surface area contributed by atoms with Gasteiger partial charge in [0, 0.05) is 18.5 Å². The fraction of sp³-hybridized carbons (Fsp3) is 0.227. The van der Waals surface area contributed by atoms with Crippen LogP contribution in [0, 0.1) is 0 Å². The highest BCUT2D eigenvalue weighted by Gasteiger charge is 2.17. The number of furan rings is 1. The molecule has 9 heteroatoms. The fourth-order valence-electron chi connectivity index (χ4n) is 3.07. The van der Waals surface area contributed by atoms with Crippen molar-refractivity contribution < 1.29 is 23.5 Å². The van der Waals surface area contributed by atoms with Crippen LogP contribution >= 0.6 is 15.9 Å². The molecular formula is C22H20BrN3O5. The minimum Gasteiger partial charge on any atom is -0.483 e. The quantitative estimate of drug-likeness (QED) is 0.427. The zero-order valence-corrected chi connectivity index (χ0v) is 18.1. The van der Waals surface area contributed by atoms with Crippen LogP contribution in [-0.4, -0.2) is 55.8 Å². The van der Waals surface area contributed by atoms with E-state index >= 15 is 0 Å². The molecular weight excluding hydrogens is 466 g/mol. The number of morpholine rings is 1. The Morgan fingerprint density at radius 1 is 1.16 bits per heavy atom. The Balaban J connectivity index is 1.31. The Hall–Kier alpha value is -3.17. The van der Waals surface area contributed by atoms with E-state index in [9.17, 15) is 9.59 Å². The van der Waals surface area contributed by atoms with Crippen molar-refractivity contribution in [3.8, 4) is 5.75 Å². The monoisotopic (exact) mass is 485 g/mol. The molecule has 1 fully saturated rings. The molecule has 8 nitrogen and oxygen atoms in total. The lowest BCUT2D eigenvalue weighted by Gasteiger charge is -2.26. The van der Waals surface area contributed by atoms with Crippen LogP contribution in [-0.2, 0) is 9.53 Å². The van der Waals surface area contributed by atoms with Crippen molar-refractivity contribution in [2.45, 2.75) is 0 Å². The van der Waals surface area contributed by atoms with E-state index in [0.29, 0.717) is 42.1 Å². The average Bonchev–Trinajstić information content (AvgIpc) is 3.23. The molecule has 0 bridgehead atoms. The van der Waals surface area contributed by atoms with Crippen molar-refractivity contribution in [2.75, 3.05) is 32.9 Å². The molecule has 0 radical (unpaired) electrons. The third-order valence-electron chi connectivity index (χ3n) is 4.70. The second-order valence-electron chi connectivity index (χ2n) is 6.82. The van der Waals surface area contributed by atoms with Crippen LogP contribution in [0.15, 0.2) is 62.5 Å². The predicted molar refractivity (Wildman–Crippen MR) is 118 cm³/mol. The van der Waals surface area contributed by atoms with Gasteiger partial charge in [0.25, 0.3) is 5.91 Å². The molecule has 4 rings (SSSR count). The maximum atomic E-state index is 12.2. The lowest BCUT2D eigenvalue weighted by molar-refractivity contribution is -0.137. The van der Waals surface area contributed by atoms with E-state index in [-0.39, 0.29) is 18.3 Å². The third-order valence-corrected chi connectivity index (χ3v) is 5.32. The van der Waals surface area contributed by atoms with Gasteiger partial charge < -0.3 is 18.8 Å². The summed E-state index contributed by atoms with van der Waals surface area (Å²) in [5.74, 6) is 0.223. The van der Waals surface area contributed by atoms with Crippen molar-refractivity contribution in [1.82, 2.24) is 10.3 Å². The minimum absolute atomic E-state index is 0.0421. The van der Waals surface area contributed by atoms with Gasteiger partial charge in [-0.2, -0.15) is 5.10 Å². The minimum atomic E-state index is -0.437. The number of fused-ring (bicyclic) bond motifs is 1. The molecule has 2 heterocycles. The molecule has 2 amide bonds. The molecule has 2 aromatic carbocycles. The third kappa shape index (κ3) is 5.31. The summed E-state index contributed by atoms with van der Waals surface area (Å²) >= 11 is 3.44. The molecule has 1 aromatic heterocycles. The van der Waals surface area contributed by atoms with Gasteiger partial charge in [0.05, 0.1) is 23.9 Å².